The number of rotatable bonds is 0. The summed E-state index contributed by atoms with van der Waals surface area (Å²) in [6.45, 7) is 4.33. The topological polar surface area (TPSA) is 34.9 Å². The molecule has 2 aromatic rings. The van der Waals surface area contributed by atoms with Crippen LogP contribution in [0.5, 0.6) is 0 Å². The second kappa shape index (κ2) is 3.29. The number of hydrogen-bond acceptors (Lipinski definition) is 2. The quantitative estimate of drug-likeness (QED) is 0.690. The highest BCUT2D eigenvalue weighted by atomic mass is 16.1. The van der Waals surface area contributed by atoms with Crippen molar-refractivity contribution in [1.82, 2.24) is 9.55 Å². The van der Waals surface area contributed by atoms with E-state index in [9.17, 15) is 4.79 Å². The van der Waals surface area contributed by atoms with E-state index in [2.05, 4.69) is 35.5 Å². The summed E-state index contributed by atoms with van der Waals surface area (Å²) in [6, 6.07) is 9.87. The number of fused-ring (bicyclic) bond motifs is 3. The van der Waals surface area contributed by atoms with Gasteiger partial charge in [-0.15, -0.1) is 0 Å². The number of benzene rings is 1. The molecule has 0 unspecified atom stereocenters. The molecule has 0 amide bonds. The van der Waals surface area contributed by atoms with Crippen molar-refractivity contribution in [1.29, 1.82) is 0 Å². The molecule has 1 aromatic heterocycles. The van der Waals surface area contributed by atoms with Crippen LogP contribution in [0.25, 0.3) is 11.3 Å². The van der Waals surface area contributed by atoms with E-state index in [4.69, 9.17) is 0 Å². The maximum absolute atomic E-state index is 11.4. The minimum absolute atomic E-state index is 0.0373. The molecule has 1 aromatic carbocycles. The van der Waals surface area contributed by atoms with Crippen molar-refractivity contribution in [3.05, 3.63) is 52.6 Å². The molecule has 0 N–H and O–H groups in total. The Morgan fingerprint density at radius 2 is 2.06 bits per heavy atom. The van der Waals surface area contributed by atoms with Crippen molar-refractivity contribution in [2.24, 2.45) is 0 Å². The van der Waals surface area contributed by atoms with Crippen LogP contribution in [-0.4, -0.2) is 9.55 Å². The average Bonchev–Trinajstić information content (AvgIpc) is 2.28. The van der Waals surface area contributed by atoms with Crippen LogP contribution in [0.2, 0.25) is 0 Å². The molecule has 86 valence electrons. The van der Waals surface area contributed by atoms with Crippen LogP contribution in [0, 0.1) is 0 Å². The molecule has 0 spiro atoms. The van der Waals surface area contributed by atoms with Gasteiger partial charge in [-0.25, -0.2) is 0 Å². The second-order valence-corrected chi connectivity index (χ2v) is 5.13. The van der Waals surface area contributed by atoms with Crippen molar-refractivity contribution in [3.8, 4) is 11.3 Å². The zero-order valence-electron chi connectivity index (χ0n) is 9.97. The van der Waals surface area contributed by atoms with Crippen LogP contribution in [-0.2, 0) is 12.0 Å². The standard InChI is InChI=1S/C14H14N2O/c1-14(2)8-10-5-3-4-6-11(10)12-7-13(17)15-9-16(12)14/h3-7,9H,8H2,1-2H3. The summed E-state index contributed by atoms with van der Waals surface area (Å²) in [5.74, 6) is 0. The van der Waals surface area contributed by atoms with E-state index in [0.29, 0.717) is 0 Å². The summed E-state index contributed by atoms with van der Waals surface area (Å²) < 4.78 is 2.09. The van der Waals surface area contributed by atoms with Gasteiger partial charge in [0.05, 0.1) is 12.0 Å². The number of hydrogen-bond donors (Lipinski definition) is 0. The van der Waals surface area contributed by atoms with Crippen molar-refractivity contribution in [2.75, 3.05) is 0 Å². The molecule has 1 aliphatic heterocycles. The maximum atomic E-state index is 11.4. The predicted molar refractivity (Wildman–Crippen MR) is 67.0 cm³/mol. The molecule has 2 heterocycles. The summed E-state index contributed by atoms with van der Waals surface area (Å²) in [6.07, 6.45) is 2.62. The van der Waals surface area contributed by atoms with E-state index >= 15 is 0 Å². The Hall–Kier alpha value is -1.90. The fourth-order valence-corrected chi connectivity index (χ4v) is 2.57. The summed E-state index contributed by atoms with van der Waals surface area (Å²) >= 11 is 0. The van der Waals surface area contributed by atoms with Gasteiger partial charge in [0, 0.05) is 17.2 Å². The van der Waals surface area contributed by atoms with Gasteiger partial charge in [0.2, 0.25) is 0 Å². The third-order valence-electron chi connectivity index (χ3n) is 3.39. The fraction of sp³-hybridized carbons (Fsp3) is 0.286. The van der Waals surface area contributed by atoms with Crippen molar-refractivity contribution in [2.45, 2.75) is 25.8 Å². The first-order chi connectivity index (χ1) is 8.08. The molecule has 0 saturated carbocycles. The average molecular weight is 226 g/mol. The van der Waals surface area contributed by atoms with Crippen LogP contribution in [0.1, 0.15) is 19.4 Å². The molecule has 0 radical (unpaired) electrons. The zero-order valence-corrected chi connectivity index (χ0v) is 9.97. The van der Waals surface area contributed by atoms with Gasteiger partial charge in [-0.2, -0.15) is 4.98 Å². The van der Waals surface area contributed by atoms with E-state index in [1.165, 1.54) is 5.56 Å². The minimum Gasteiger partial charge on any atom is -0.326 e. The lowest BCUT2D eigenvalue weighted by Gasteiger charge is -2.36. The second-order valence-electron chi connectivity index (χ2n) is 5.13. The molecule has 0 atom stereocenters. The Morgan fingerprint density at radius 1 is 1.29 bits per heavy atom. The molecule has 3 nitrogen and oxygen atoms in total. The molecular weight excluding hydrogens is 212 g/mol. The normalized spacial score (nSPS) is 16.1. The summed E-state index contributed by atoms with van der Waals surface area (Å²) in [4.78, 5) is 15.3. The summed E-state index contributed by atoms with van der Waals surface area (Å²) in [5.41, 5.74) is 3.19. The molecule has 3 heteroatoms. The maximum Gasteiger partial charge on any atom is 0.273 e. The fourth-order valence-electron chi connectivity index (χ4n) is 2.57. The van der Waals surface area contributed by atoms with E-state index < -0.39 is 0 Å². The van der Waals surface area contributed by atoms with E-state index in [0.717, 1.165) is 17.7 Å². The Morgan fingerprint density at radius 3 is 2.88 bits per heavy atom. The van der Waals surface area contributed by atoms with Gasteiger partial charge in [0.15, 0.2) is 0 Å². The first kappa shape index (κ1) is 10.3. The van der Waals surface area contributed by atoms with Gasteiger partial charge in [-0.3, -0.25) is 4.79 Å². The zero-order chi connectivity index (χ0) is 12.0. The van der Waals surface area contributed by atoms with Crippen LogP contribution < -0.4 is 5.56 Å². The van der Waals surface area contributed by atoms with Crippen LogP contribution in [0.3, 0.4) is 0 Å². The largest absolute Gasteiger partial charge is 0.326 e. The van der Waals surface area contributed by atoms with Gasteiger partial charge in [0.1, 0.15) is 0 Å². The first-order valence-electron chi connectivity index (χ1n) is 5.75. The predicted octanol–water partition coefficient (Wildman–Crippen LogP) is 2.20. The van der Waals surface area contributed by atoms with Crippen molar-refractivity contribution < 1.29 is 0 Å². The lowest BCUT2D eigenvalue weighted by atomic mass is 9.86. The first-order valence-corrected chi connectivity index (χ1v) is 5.75. The molecule has 0 saturated heterocycles. The lowest BCUT2D eigenvalue weighted by Crippen LogP contribution is -2.35. The van der Waals surface area contributed by atoms with E-state index in [1.807, 2.05) is 12.1 Å². The molecule has 3 rings (SSSR count). The Kier molecular flexibility index (Phi) is 1.99. The van der Waals surface area contributed by atoms with E-state index in [-0.39, 0.29) is 11.1 Å². The number of aromatic nitrogens is 2. The Balaban J connectivity index is 2.38. The summed E-state index contributed by atoms with van der Waals surface area (Å²) in [7, 11) is 0. The highest BCUT2D eigenvalue weighted by Crippen LogP contribution is 2.36. The molecule has 17 heavy (non-hydrogen) atoms. The minimum atomic E-state index is -0.177. The molecule has 0 bridgehead atoms. The van der Waals surface area contributed by atoms with Crippen molar-refractivity contribution >= 4 is 0 Å². The van der Waals surface area contributed by atoms with Gasteiger partial charge in [0.25, 0.3) is 5.56 Å². The third kappa shape index (κ3) is 1.50. The molecule has 1 aliphatic rings. The lowest BCUT2D eigenvalue weighted by molar-refractivity contribution is 0.342. The smallest absolute Gasteiger partial charge is 0.273 e. The Labute approximate surface area is 99.8 Å². The van der Waals surface area contributed by atoms with Gasteiger partial charge in [-0.05, 0) is 25.8 Å². The third-order valence-corrected chi connectivity index (χ3v) is 3.39. The molecule has 0 fully saturated rings. The number of nitrogens with zero attached hydrogens (tertiary/aromatic N) is 2. The monoisotopic (exact) mass is 226 g/mol. The van der Waals surface area contributed by atoms with Gasteiger partial charge in [-0.1, -0.05) is 24.3 Å². The van der Waals surface area contributed by atoms with Gasteiger partial charge < -0.3 is 4.57 Å². The molecule has 0 aliphatic carbocycles. The van der Waals surface area contributed by atoms with Crippen LogP contribution >= 0.6 is 0 Å². The summed E-state index contributed by atoms with van der Waals surface area (Å²) in [5, 5.41) is 0. The van der Waals surface area contributed by atoms with E-state index in [1.54, 1.807) is 12.4 Å². The van der Waals surface area contributed by atoms with Crippen molar-refractivity contribution in [3.63, 3.8) is 0 Å². The molecular formula is C14H14N2O. The van der Waals surface area contributed by atoms with Gasteiger partial charge >= 0.3 is 0 Å². The van der Waals surface area contributed by atoms with Crippen LogP contribution in [0.4, 0.5) is 0 Å². The highest BCUT2D eigenvalue weighted by Gasteiger charge is 2.29. The Bertz CT molecular complexity index is 641. The SMILES string of the molecule is CC1(C)Cc2ccccc2-c2cc(=O)ncn21. The highest BCUT2D eigenvalue weighted by molar-refractivity contribution is 5.66. The van der Waals surface area contributed by atoms with Crippen LogP contribution in [0.15, 0.2) is 41.5 Å².